The fraction of sp³-hybridized carbons (Fsp3) is 0.632. The Morgan fingerprint density at radius 2 is 1.74 bits per heavy atom. The van der Waals surface area contributed by atoms with Gasteiger partial charge in [-0.15, -0.1) is 0 Å². The SMILES string of the molecule is COc1ccc(CCCNC(=O)NC2CCCCCCC2)cc1. The van der Waals surface area contributed by atoms with Crippen LogP contribution >= 0.6 is 0 Å². The molecule has 1 fully saturated rings. The lowest BCUT2D eigenvalue weighted by Gasteiger charge is -2.21. The number of amides is 2. The molecule has 2 N–H and O–H groups in total. The first-order valence-electron chi connectivity index (χ1n) is 8.95. The van der Waals surface area contributed by atoms with Crippen molar-refractivity contribution in [2.45, 2.75) is 63.8 Å². The Kier molecular flexibility index (Phi) is 7.78. The molecule has 0 aliphatic heterocycles. The molecule has 4 nitrogen and oxygen atoms in total. The second-order valence-corrected chi connectivity index (χ2v) is 6.39. The highest BCUT2D eigenvalue weighted by atomic mass is 16.5. The molecular weight excluding hydrogens is 288 g/mol. The molecule has 1 aromatic carbocycles. The summed E-state index contributed by atoms with van der Waals surface area (Å²) >= 11 is 0. The van der Waals surface area contributed by atoms with E-state index in [0.29, 0.717) is 12.6 Å². The van der Waals surface area contributed by atoms with Crippen molar-refractivity contribution in [2.24, 2.45) is 0 Å². The van der Waals surface area contributed by atoms with E-state index in [1.807, 2.05) is 12.1 Å². The quantitative estimate of drug-likeness (QED) is 0.778. The van der Waals surface area contributed by atoms with E-state index in [1.165, 1.54) is 37.7 Å². The molecule has 2 rings (SSSR count). The maximum absolute atomic E-state index is 12.0. The minimum Gasteiger partial charge on any atom is -0.497 e. The number of carbonyl (C=O) groups excluding carboxylic acids is 1. The molecule has 1 aromatic rings. The van der Waals surface area contributed by atoms with Crippen LogP contribution in [-0.2, 0) is 6.42 Å². The third-order valence-electron chi connectivity index (χ3n) is 4.53. The third-order valence-corrected chi connectivity index (χ3v) is 4.53. The molecular formula is C19H30N2O2. The average Bonchev–Trinajstić information content (AvgIpc) is 2.54. The van der Waals surface area contributed by atoms with E-state index in [9.17, 15) is 4.79 Å². The Morgan fingerprint density at radius 3 is 2.39 bits per heavy atom. The fourth-order valence-corrected chi connectivity index (χ4v) is 3.12. The number of nitrogens with one attached hydrogen (secondary N) is 2. The molecule has 2 amide bonds. The molecule has 0 unspecified atom stereocenters. The maximum Gasteiger partial charge on any atom is 0.315 e. The van der Waals surface area contributed by atoms with E-state index >= 15 is 0 Å². The van der Waals surface area contributed by atoms with E-state index in [1.54, 1.807) is 7.11 Å². The molecule has 0 spiro atoms. The van der Waals surface area contributed by atoms with Gasteiger partial charge < -0.3 is 15.4 Å². The first kappa shape index (κ1) is 17.6. The number of aryl methyl sites for hydroxylation is 1. The molecule has 0 saturated heterocycles. The molecule has 0 radical (unpaired) electrons. The maximum atomic E-state index is 12.0. The van der Waals surface area contributed by atoms with Crippen LogP contribution in [0.1, 0.15) is 56.9 Å². The Balaban J connectivity index is 1.60. The summed E-state index contributed by atoms with van der Waals surface area (Å²) in [6.45, 7) is 0.713. The number of ether oxygens (including phenoxy) is 1. The topological polar surface area (TPSA) is 50.4 Å². The third kappa shape index (κ3) is 6.93. The van der Waals surface area contributed by atoms with Crippen molar-refractivity contribution in [3.8, 4) is 5.75 Å². The standard InChI is InChI=1S/C19H30N2O2/c1-23-18-13-11-16(12-14-18)8-7-15-20-19(22)21-17-9-5-3-2-4-6-10-17/h11-14,17H,2-10,15H2,1H3,(H2,20,21,22). The van der Waals surface area contributed by atoms with Crippen LogP contribution in [-0.4, -0.2) is 25.7 Å². The highest BCUT2D eigenvalue weighted by molar-refractivity contribution is 5.74. The van der Waals surface area contributed by atoms with Gasteiger partial charge in [-0.1, -0.05) is 44.2 Å². The van der Waals surface area contributed by atoms with Crippen molar-refractivity contribution in [1.82, 2.24) is 10.6 Å². The Labute approximate surface area is 140 Å². The number of hydrogen-bond donors (Lipinski definition) is 2. The highest BCUT2D eigenvalue weighted by Gasteiger charge is 2.13. The number of rotatable bonds is 6. The van der Waals surface area contributed by atoms with Gasteiger partial charge in [0.1, 0.15) is 5.75 Å². The number of benzene rings is 1. The predicted molar refractivity (Wildman–Crippen MR) is 94.0 cm³/mol. The van der Waals surface area contributed by atoms with Crippen molar-refractivity contribution < 1.29 is 9.53 Å². The van der Waals surface area contributed by atoms with Gasteiger partial charge >= 0.3 is 6.03 Å². The zero-order chi connectivity index (χ0) is 16.3. The average molecular weight is 318 g/mol. The van der Waals surface area contributed by atoms with Gasteiger partial charge in [-0.3, -0.25) is 0 Å². The summed E-state index contributed by atoms with van der Waals surface area (Å²) in [6, 6.07) is 8.46. The minimum atomic E-state index is -0.00898. The van der Waals surface area contributed by atoms with Gasteiger partial charge in [0.05, 0.1) is 7.11 Å². The van der Waals surface area contributed by atoms with Gasteiger partial charge in [0.2, 0.25) is 0 Å². The van der Waals surface area contributed by atoms with Crippen LogP contribution in [0.25, 0.3) is 0 Å². The van der Waals surface area contributed by atoms with E-state index in [4.69, 9.17) is 4.74 Å². The second-order valence-electron chi connectivity index (χ2n) is 6.39. The minimum absolute atomic E-state index is 0.00898. The number of carbonyl (C=O) groups is 1. The monoisotopic (exact) mass is 318 g/mol. The first-order valence-corrected chi connectivity index (χ1v) is 8.95. The summed E-state index contributed by atoms with van der Waals surface area (Å²) in [4.78, 5) is 12.0. The van der Waals surface area contributed by atoms with Crippen LogP contribution in [0.3, 0.4) is 0 Å². The van der Waals surface area contributed by atoms with Crippen LogP contribution in [0.5, 0.6) is 5.75 Å². The molecule has 0 atom stereocenters. The van der Waals surface area contributed by atoms with Crippen LogP contribution < -0.4 is 15.4 Å². The van der Waals surface area contributed by atoms with Crippen LogP contribution in [0.15, 0.2) is 24.3 Å². The number of methoxy groups -OCH3 is 1. The van der Waals surface area contributed by atoms with Crippen LogP contribution in [0.4, 0.5) is 4.79 Å². The smallest absolute Gasteiger partial charge is 0.315 e. The zero-order valence-electron chi connectivity index (χ0n) is 14.3. The molecule has 0 aromatic heterocycles. The molecule has 128 valence electrons. The zero-order valence-corrected chi connectivity index (χ0v) is 14.3. The van der Waals surface area contributed by atoms with Crippen molar-refractivity contribution >= 4 is 6.03 Å². The van der Waals surface area contributed by atoms with Crippen molar-refractivity contribution in [3.63, 3.8) is 0 Å². The Hall–Kier alpha value is -1.71. The van der Waals surface area contributed by atoms with Gasteiger partial charge in [0.15, 0.2) is 0 Å². The summed E-state index contributed by atoms with van der Waals surface area (Å²) in [5.41, 5.74) is 1.27. The van der Waals surface area contributed by atoms with Gasteiger partial charge in [0.25, 0.3) is 0 Å². The van der Waals surface area contributed by atoms with Gasteiger partial charge in [-0.2, -0.15) is 0 Å². The normalized spacial score (nSPS) is 16.2. The largest absolute Gasteiger partial charge is 0.497 e. The second kappa shape index (κ2) is 10.1. The highest BCUT2D eigenvalue weighted by Crippen LogP contribution is 2.17. The number of hydrogen-bond acceptors (Lipinski definition) is 2. The lowest BCUT2D eigenvalue weighted by Crippen LogP contribution is -2.42. The van der Waals surface area contributed by atoms with E-state index in [-0.39, 0.29) is 6.03 Å². The summed E-state index contributed by atoms with van der Waals surface area (Å²) in [5, 5.41) is 6.12. The van der Waals surface area contributed by atoms with E-state index < -0.39 is 0 Å². The molecule has 0 heterocycles. The van der Waals surface area contributed by atoms with Crippen molar-refractivity contribution in [3.05, 3.63) is 29.8 Å². The first-order chi connectivity index (χ1) is 11.3. The summed E-state index contributed by atoms with van der Waals surface area (Å²) in [5.74, 6) is 0.880. The molecule has 1 saturated carbocycles. The summed E-state index contributed by atoms with van der Waals surface area (Å²) < 4.78 is 5.15. The van der Waals surface area contributed by atoms with Gasteiger partial charge in [-0.05, 0) is 43.4 Å². The molecule has 23 heavy (non-hydrogen) atoms. The summed E-state index contributed by atoms with van der Waals surface area (Å²) in [6.07, 6.45) is 10.6. The van der Waals surface area contributed by atoms with Crippen LogP contribution in [0.2, 0.25) is 0 Å². The Morgan fingerprint density at radius 1 is 1.09 bits per heavy atom. The summed E-state index contributed by atoms with van der Waals surface area (Å²) in [7, 11) is 1.67. The lowest BCUT2D eigenvalue weighted by atomic mass is 9.97. The van der Waals surface area contributed by atoms with Gasteiger partial charge in [-0.25, -0.2) is 4.79 Å². The lowest BCUT2D eigenvalue weighted by molar-refractivity contribution is 0.234. The van der Waals surface area contributed by atoms with E-state index in [2.05, 4.69) is 22.8 Å². The molecule has 1 aliphatic rings. The molecule has 1 aliphatic carbocycles. The van der Waals surface area contributed by atoms with Crippen molar-refractivity contribution in [2.75, 3.05) is 13.7 Å². The van der Waals surface area contributed by atoms with Gasteiger partial charge in [0, 0.05) is 12.6 Å². The van der Waals surface area contributed by atoms with Crippen molar-refractivity contribution in [1.29, 1.82) is 0 Å². The number of urea groups is 1. The molecule has 0 bridgehead atoms. The van der Waals surface area contributed by atoms with E-state index in [0.717, 1.165) is 31.4 Å². The molecule has 4 heteroatoms. The van der Waals surface area contributed by atoms with Crippen LogP contribution in [0, 0.1) is 0 Å². The predicted octanol–water partition coefficient (Wildman–Crippen LogP) is 4.04. The fourth-order valence-electron chi connectivity index (χ4n) is 3.12. The Bertz CT molecular complexity index is 451.